The molecule has 6 nitrogen and oxygen atoms in total. The number of hydrogen-bond donors (Lipinski definition) is 0. The number of nitrogens with zero attached hydrogens (tertiary/aromatic N) is 2. The number of anilines is 1. The van der Waals surface area contributed by atoms with Crippen LogP contribution in [0.15, 0.2) is 54.9 Å². The summed E-state index contributed by atoms with van der Waals surface area (Å²) in [5, 5.41) is 0. The Morgan fingerprint density at radius 3 is 2.72 bits per heavy atom. The Morgan fingerprint density at radius 1 is 1.14 bits per heavy atom. The molecule has 0 N–H and O–H groups in total. The monoisotopic (exact) mass is 392 g/mol. The molecule has 6 heteroatoms. The van der Waals surface area contributed by atoms with Crippen molar-refractivity contribution in [2.45, 2.75) is 44.2 Å². The van der Waals surface area contributed by atoms with Crippen molar-refractivity contribution >= 4 is 23.8 Å². The highest BCUT2D eigenvalue weighted by atomic mass is 16.6. The van der Waals surface area contributed by atoms with Crippen molar-refractivity contribution in [1.82, 2.24) is 4.98 Å². The predicted octanol–water partition coefficient (Wildman–Crippen LogP) is 4.67. The van der Waals surface area contributed by atoms with Crippen LogP contribution in [0.2, 0.25) is 0 Å². The van der Waals surface area contributed by atoms with Crippen LogP contribution in [0.3, 0.4) is 0 Å². The molecule has 0 radical (unpaired) electrons. The zero-order chi connectivity index (χ0) is 20.1. The first-order valence-electron chi connectivity index (χ1n) is 10.1. The molecule has 1 aromatic heterocycles. The third-order valence-corrected chi connectivity index (χ3v) is 5.38. The van der Waals surface area contributed by atoms with Gasteiger partial charge in [-0.1, -0.05) is 36.8 Å². The van der Waals surface area contributed by atoms with Crippen LogP contribution in [-0.4, -0.2) is 29.8 Å². The van der Waals surface area contributed by atoms with Gasteiger partial charge in [-0.05, 0) is 43.4 Å². The van der Waals surface area contributed by atoms with Crippen molar-refractivity contribution in [2.24, 2.45) is 0 Å². The first-order valence-corrected chi connectivity index (χ1v) is 10.1. The lowest BCUT2D eigenvalue weighted by Crippen LogP contribution is -2.28. The maximum atomic E-state index is 12.5. The van der Waals surface area contributed by atoms with E-state index in [9.17, 15) is 9.59 Å². The number of rotatable bonds is 5. The van der Waals surface area contributed by atoms with Crippen molar-refractivity contribution in [3.63, 3.8) is 0 Å². The van der Waals surface area contributed by atoms with Gasteiger partial charge in [0.1, 0.15) is 12.7 Å². The fourth-order valence-corrected chi connectivity index (χ4v) is 3.90. The van der Waals surface area contributed by atoms with E-state index in [2.05, 4.69) is 4.98 Å². The minimum absolute atomic E-state index is 0.00490. The van der Waals surface area contributed by atoms with Gasteiger partial charge < -0.3 is 9.47 Å². The Kier molecular flexibility index (Phi) is 5.89. The van der Waals surface area contributed by atoms with Gasteiger partial charge in [0, 0.05) is 24.0 Å². The Balaban J connectivity index is 1.54. The summed E-state index contributed by atoms with van der Waals surface area (Å²) in [7, 11) is 0. The quantitative estimate of drug-likeness (QED) is 0.546. The van der Waals surface area contributed by atoms with E-state index in [1.54, 1.807) is 29.4 Å². The molecule has 1 aromatic carbocycles. The molecular formula is C23H24N2O4. The van der Waals surface area contributed by atoms with Crippen molar-refractivity contribution < 1.29 is 19.1 Å². The minimum atomic E-state index is -0.413. The van der Waals surface area contributed by atoms with Crippen LogP contribution < -0.4 is 4.90 Å². The first-order chi connectivity index (χ1) is 14.2. The molecule has 1 saturated heterocycles. The molecule has 2 heterocycles. The lowest BCUT2D eigenvalue weighted by Gasteiger charge is -2.23. The lowest BCUT2D eigenvalue weighted by molar-refractivity contribution is -0.144. The Morgan fingerprint density at radius 2 is 1.93 bits per heavy atom. The Labute approximate surface area is 170 Å². The van der Waals surface area contributed by atoms with Crippen LogP contribution in [0.1, 0.15) is 49.3 Å². The highest BCUT2D eigenvalue weighted by Gasteiger charge is 2.36. The lowest BCUT2D eigenvalue weighted by atomic mass is 9.98. The number of benzene rings is 1. The van der Waals surface area contributed by atoms with Gasteiger partial charge in [-0.15, -0.1) is 0 Å². The molecule has 0 bridgehead atoms. The molecule has 1 saturated carbocycles. The molecule has 1 atom stereocenters. The average Bonchev–Trinajstić information content (AvgIpc) is 3.15. The second-order valence-electron chi connectivity index (χ2n) is 7.34. The van der Waals surface area contributed by atoms with Crippen LogP contribution in [0.25, 0.3) is 6.08 Å². The number of carbonyl (C=O) groups is 2. The third kappa shape index (κ3) is 4.47. The SMILES string of the molecule is O=C(C=Cc1cnccc1N1C(=O)OC[C@H]1c1ccccc1)OC1CCCCC1. The Hall–Kier alpha value is -3.15. The number of esters is 1. The number of cyclic esters (lactones) is 1. The molecule has 2 fully saturated rings. The second kappa shape index (κ2) is 8.90. The zero-order valence-electron chi connectivity index (χ0n) is 16.2. The summed E-state index contributed by atoms with van der Waals surface area (Å²) in [4.78, 5) is 30.5. The number of aromatic nitrogens is 1. The predicted molar refractivity (Wildman–Crippen MR) is 109 cm³/mol. The van der Waals surface area contributed by atoms with E-state index in [0.717, 1.165) is 31.2 Å². The normalized spacial score (nSPS) is 20.1. The van der Waals surface area contributed by atoms with Gasteiger partial charge in [0.15, 0.2) is 0 Å². The summed E-state index contributed by atoms with van der Waals surface area (Å²) in [6.07, 6.45) is 11.2. The molecule has 29 heavy (non-hydrogen) atoms. The van der Waals surface area contributed by atoms with E-state index < -0.39 is 6.09 Å². The van der Waals surface area contributed by atoms with Gasteiger partial charge in [0.2, 0.25) is 0 Å². The summed E-state index contributed by atoms with van der Waals surface area (Å²) >= 11 is 0. The van der Waals surface area contributed by atoms with Crippen molar-refractivity contribution in [1.29, 1.82) is 0 Å². The number of carbonyl (C=O) groups excluding carboxylic acids is 2. The van der Waals surface area contributed by atoms with Crippen LogP contribution in [0.4, 0.5) is 10.5 Å². The largest absolute Gasteiger partial charge is 0.459 e. The van der Waals surface area contributed by atoms with Crippen LogP contribution in [0, 0.1) is 0 Å². The van der Waals surface area contributed by atoms with E-state index in [0.29, 0.717) is 11.3 Å². The van der Waals surface area contributed by atoms with E-state index in [4.69, 9.17) is 9.47 Å². The molecule has 150 valence electrons. The fraction of sp³-hybridized carbons (Fsp3) is 0.348. The van der Waals surface area contributed by atoms with E-state index >= 15 is 0 Å². The van der Waals surface area contributed by atoms with Gasteiger partial charge in [0.25, 0.3) is 0 Å². The molecule has 1 aliphatic heterocycles. The molecule has 4 rings (SSSR count). The van der Waals surface area contributed by atoms with E-state index in [-0.39, 0.29) is 24.7 Å². The number of amides is 1. The van der Waals surface area contributed by atoms with Crippen LogP contribution >= 0.6 is 0 Å². The smallest absolute Gasteiger partial charge is 0.415 e. The number of pyridine rings is 1. The van der Waals surface area contributed by atoms with Gasteiger partial charge in [-0.2, -0.15) is 0 Å². The van der Waals surface area contributed by atoms with Crippen molar-refractivity contribution in [3.8, 4) is 0 Å². The molecule has 2 aliphatic rings. The van der Waals surface area contributed by atoms with Crippen molar-refractivity contribution in [3.05, 3.63) is 66.0 Å². The molecule has 1 aliphatic carbocycles. The van der Waals surface area contributed by atoms with Gasteiger partial charge in [0.05, 0.1) is 11.7 Å². The molecule has 0 unspecified atom stereocenters. The van der Waals surface area contributed by atoms with Gasteiger partial charge in [-0.25, -0.2) is 9.59 Å². The number of hydrogen-bond acceptors (Lipinski definition) is 5. The summed E-state index contributed by atoms with van der Waals surface area (Å²) in [6, 6.07) is 11.3. The minimum Gasteiger partial charge on any atom is -0.459 e. The summed E-state index contributed by atoms with van der Waals surface area (Å²) in [5.74, 6) is -0.365. The Bertz CT molecular complexity index is 891. The summed E-state index contributed by atoms with van der Waals surface area (Å²) in [5.41, 5.74) is 2.30. The second-order valence-corrected chi connectivity index (χ2v) is 7.34. The van der Waals surface area contributed by atoms with E-state index in [1.165, 1.54) is 12.5 Å². The van der Waals surface area contributed by atoms with Crippen LogP contribution in [0.5, 0.6) is 0 Å². The number of ether oxygens (including phenoxy) is 2. The van der Waals surface area contributed by atoms with E-state index in [1.807, 2.05) is 30.3 Å². The highest BCUT2D eigenvalue weighted by Crippen LogP contribution is 2.35. The molecular weight excluding hydrogens is 368 g/mol. The molecule has 2 aromatic rings. The maximum absolute atomic E-state index is 12.5. The van der Waals surface area contributed by atoms with Crippen molar-refractivity contribution in [2.75, 3.05) is 11.5 Å². The zero-order valence-corrected chi connectivity index (χ0v) is 16.2. The third-order valence-electron chi connectivity index (χ3n) is 5.38. The maximum Gasteiger partial charge on any atom is 0.415 e. The highest BCUT2D eigenvalue weighted by molar-refractivity contribution is 5.95. The average molecular weight is 392 g/mol. The fourth-order valence-electron chi connectivity index (χ4n) is 3.90. The molecule has 1 amide bonds. The molecule has 0 spiro atoms. The first kappa shape index (κ1) is 19.2. The van der Waals surface area contributed by atoms with Gasteiger partial charge in [-0.3, -0.25) is 9.88 Å². The summed E-state index contributed by atoms with van der Waals surface area (Å²) < 4.78 is 10.9. The van der Waals surface area contributed by atoms with Crippen LogP contribution in [-0.2, 0) is 14.3 Å². The standard InChI is InChI=1S/C23H24N2O4/c26-22(29-19-9-5-2-6-10-19)12-11-18-15-24-14-13-20(18)25-21(16-28-23(25)27)17-7-3-1-4-8-17/h1,3-4,7-8,11-15,19,21H,2,5-6,9-10,16H2/t21-/m0/s1. The van der Waals surface area contributed by atoms with Gasteiger partial charge >= 0.3 is 12.1 Å². The summed E-state index contributed by atoms with van der Waals surface area (Å²) in [6.45, 7) is 0.276. The topological polar surface area (TPSA) is 68.7 Å².